The first-order valence-electron chi connectivity index (χ1n) is 9.79. The monoisotopic (exact) mass is 420 g/mol. The number of nitrogens with zero attached hydrogens (tertiary/aromatic N) is 2. The Kier molecular flexibility index (Phi) is 5.08. The number of hydrogen-bond acceptors (Lipinski definition) is 7. The zero-order valence-corrected chi connectivity index (χ0v) is 17.0. The van der Waals surface area contributed by atoms with Gasteiger partial charge >= 0.3 is 5.63 Å². The molecule has 0 spiro atoms. The number of phenols is 1. The van der Waals surface area contributed by atoms with Gasteiger partial charge in [0, 0.05) is 36.0 Å². The van der Waals surface area contributed by atoms with Crippen LogP contribution in [0.2, 0.25) is 0 Å². The predicted molar refractivity (Wildman–Crippen MR) is 117 cm³/mol. The number of morpholine rings is 1. The molecule has 0 aliphatic carbocycles. The third-order valence-corrected chi connectivity index (χ3v) is 6.15. The fraction of sp³-hybridized carbons (Fsp3) is 0.217. The lowest BCUT2D eigenvalue weighted by atomic mass is 10.1. The number of phenolic OH excluding ortho intramolecular Hbond substituents is 1. The smallest absolute Gasteiger partial charge is 0.346 e. The summed E-state index contributed by atoms with van der Waals surface area (Å²) in [6, 6.07) is 15.1. The van der Waals surface area contributed by atoms with Crippen LogP contribution in [0.1, 0.15) is 5.56 Å². The molecule has 5 rings (SSSR count). The van der Waals surface area contributed by atoms with Gasteiger partial charge in [-0.05, 0) is 18.2 Å². The molecule has 1 fully saturated rings. The van der Waals surface area contributed by atoms with E-state index in [2.05, 4.69) is 9.88 Å². The van der Waals surface area contributed by atoms with E-state index in [9.17, 15) is 9.90 Å². The van der Waals surface area contributed by atoms with E-state index in [1.165, 1.54) is 11.3 Å². The summed E-state index contributed by atoms with van der Waals surface area (Å²) in [6.07, 6.45) is 0. The van der Waals surface area contributed by atoms with Crippen molar-refractivity contribution in [2.24, 2.45) is 0 Å². The summed E-state index contributed by atoms with van der Waals surface area (Å²) in [5.74, 6) is 0.130. The summed E-state index contributed by atoms with van der Waals surface area (Å²) in [6.45, 7) is 3.38. The van der Waals surface area contributed by atoms with E-state index in [1.54, 1.807) is 18.2 Å². The first-order chi connectivity index (χ1) is 14.7. The van der Waals surface area contributed by atoms with Crippen LogP contribution in [0, 0.1) is 0 Å². The molecular weight excluding hydrogens is 400 g/mol. The molecule has 1 N–H and O–H groups in total. The van der Waals surface area contributed by atoms with E-state index in [0.717, 1.165) is 29.7 Å². The van der Waals surface area contributed by atoms with Crippen LogP contribution in [-0.2, 0) is 11.3 Å². The van der Waals surface area contributed by atoms with Gasteiger partial charge in [0.05, 0.1) is 30.0 Å². The Bertz CT molecular complexity index is 1240. The molecule has 0 saturated carbocycles. The lowest BCUT2D eigenvalue weighted by molar-refractivity contribution is 0.0339. The molecular formula is C23H20N2O4S. The Labute approximate surface area is 177 Å². The quantitative estimate of drug-likeness (QED) is 0.501. The summed E-state index contributed by atoms with van der Waals surface area (Å²) < 4.78 is 11.1. The minimum Gasteiger partial charge on any atom is -0.507 e. The minimum absolute atomic E-state index is 0.130. The van der Waals surface area contributed by atoms with Crippen molar-refractivity contribution in [2.45, 2.75) is 6.54 Å². The molecule has 2 aromatic carbocycles. The lowest BCUT2D eigenvalue weighted by Gasteiger charge is -2.26. The Morgan fingerprint density at radius 3 is 2.70 bits per heavy atom. The molecule has 2 aromatic heterocycles. The molecule has 30 heavy (non-hydrogen) atoms. The Morgan fingerprint density at radius 1 is 1.10 bits per heavy atom. The molecule has 0 amide bonds. The second kappa shape index (κ2) is 8.02. The predicted octanol–water partition coefficient (Wildman–Crippen LogP) is 4.12. The summed E-state index contributed by atoms with van der Waals surface area (Å²) in [5.41, 5.74) is 2.86. The first-order valence-corrected chi connectivity index (χ1v) is 10.7. The average molecular weight is 420 g/mol. The maximum absolute atomic E-state index is 12.8. The SMILES string of the molecule is O=c1oc2c(CN3CCOCC3)c(O)ccc2cc1-c1nc(-c2ccccc2)cs1. The van der Waals surface area contributed by atoms with Crippen molar-refractivity contribution in [1.82, 2.24) is 9.88 Å². The molecule has 1 saturated heterocycles. The average Bonchev–Trinajstić information content (AvgIpc) is 3.27. The number of ether oxygens (including phenoxy) is 1. The fourth-order valence-electron chi connectivity index (χ4n) is 3.66. The van der Waals surface area contributed by atoms with Crippen molar-refractivity contribution in [2.75, 3.05) is 26.3 Å². The molecule has 4 aromatic rings. The third-order valence-electron chi connectivity index (χ3n) is 5.27. The second-order valence-electron chi connectivity index (χ2n) is 7.22. The summed E-state index contributed by atoms with van der Waals surface area (Å²) in [7, 11) is 0. The van der Waals surface area contributed by atoms with E-state index < -0.39 is 5.63 Å². The maximum atomic E-state index is 12.8. The van der Waals surface area contributed by atoms with E-state index in [-0.39, 0.29) is 5.75 Å². The van der Waals surface area contributed by atoms with Crippen molar-refractivity contribution < 1.29 is 14.3 Å². The van der Waals surface area contributed by atoms with Crippen molar-refractivity contribution >= 4 is 22.3 Å². The number of benzene rings is 2. The van der Waals surface area contributed by atoms with Gasteiger partial charge in [-0.25, -0.2) is 9.78 Å². The van der Waals surface area contributed by atoms with E-state index in [4.69, 9.17) is 9.15 Å². The molecule has 7 heteroatoms. The van der Waals surface area contributed by atoms with Crippen LogP contribution < -0.4 is 5.63 Å². The Morgan fingerprint density at radius 2 is 1.90 bits per heavy atom. The van der Waals surface area contributed by atoms with Gasteiger partial charge in [-0.2, -0.15) is 0 Å². The van der Waals surface area contributed by atoms with Gasteiger partial charge < -0.3 is 14.3 Å². The van der Waals surface area contributed by atoms with Gasteiger partial charge in [-0.15, -0.1) is 11.3 Å². The Hall–Kier alpha value is -3.00. The molecule has 152 valence electrons. The summed E-state index contributed by atoms with van der Waals surface area (Å²) in [5, 5.41) is 13.7. The topological polar surface area (TPSA) is 75.8 Å². The fourth-order valence-corrected chi connectivity index (χ4v) is 4.49. The highest BCUT2D eigenvalue weighted by molar-refractivity contribution is 7.13. The van der Waals surface area contributed by atoms with Gasteiger partial charge in [-0.1, -0.05) is 30.3 Å². The van der Waals surface area contributed by atoms with Crippen LogP contribution in [0.4, 0.5) is 0 Å². The molecule has 0 bridgehead atoms. The van der Waals surface area contributed by atoms with Crippen molar-refractivity contribution in [3.05, 3.63) is 69.9 Å². The van der Waals surface area contributed by atoms with Crippen LogP contribution in [-0.4, -0.2) is 41.3 Å². The second-order valence-corrected chi connectivity index (χ2v) is 8.08. The molecule has 3 heterocycles. The van der Waals surface area contributed by atoms with Crippen molar-refractivity contribution in [1.29, 1.82) is 0 Å². The van der Waals surface area contributed by atoms with Gasteiger partial charge in [0.15, 0.2) is 0 Å². The molecule has 0 atom stereocenters. The number of rotatable bonds is 4. The summed E-state index contributed by atoms with van der Waals surface area (Å²) in [4.78, 5) is 19.6. The molecule has 1 aliphatic heterocycles. The normalized spacial score (nSPS) is 14.9. The van der Waals surface area contributed by atoms with Crippen molar-refractivity contribution in [3.63, 3.8) is 0 Å². The zero-order chi connectivity index (χ0) is 20.5. The van der Waals surface area contributed by atoms with Crippen LogP contribution in [0.5, 0.6) is 5.75 Å². The number of aromatic nitrogens is 1. The lowest BCUT2D eigenvalue weighted by Crippen LogP contribution is -2.35. The van der Waals surface area contributed by atoms with E-state index in [1.807, 2.05) is 35.7 Å². The van der Waals surface area contributed by atoms with Crippen LogP contribution in [0.25, 0.3) is 32.8 Å². The highest BCUT2D eigenvalue weighted by atomic mass is 32.1. The summed E-state index contributed by atoms with van der Waals surface area (Å²) >= 11 is 1.41. The highest BCUT2D eigenvalue weighted by Gasteiger charge is 2.19. The number of fused-ring (bicyclic) bond motifs is 1. The minimum atomic E-state index is -0.453. The first kappa shape index (κ1) is 19.0. The van der Waals surface area contributed by atoms with Crippen LogP contribution in [0.3, 0.4) is 0 Å². The molecule has 0 radical (unpaired) electrons. The Balaban J connectivity index is 1.54. The van der Waals surface area contributed by atoms with Gasteiger partial charge in [0.25, 0.3) is 0 Å². The van der Waals surface area contributed by atoms with Crippen molar-refractivity contribution in [3.8, 4) is 27.6 Å². The van der Waals surface area contributed by atoms with Gasteiger partial charge in [0.1, 0.15) is 16.3 Å². The third kappa shape index (κ3) is 3.63. The zero-order valence-electron chi connectivity index (χ0n) is 16.2. The number of thiazole rings is 1. The van der Waals surface area contributed by atoms with Gasteiger partial charge in [-0.3, -0.25) is 4.90 Å². The highest BCUT2D eigenvalue weighted by Crippen LogP contribution is 2.32. The van der Waals surface area contributed by atoms with Gasteiger partial charge in [0.2, 0.25) is 0 Å². The van der Waals surface area contributed by atoms with E-state index >= 15 is 0 Å². The van der Waals surface area contributed by atoms with Crippen LogP contribution in [0.15, 0.2) is 63.1 Å². The molecule has 1 aliphatic rings. The largest absolute Gasteiger partial charge is 0.507 e. The van der Waals surface area contributed by atoms with Crippen LogP contribution >= 0.6 is 11.3 Å². The molecule has 6 nitrogen and oxygen atoms in total. The maximum Gasteiger partial charge on any atom is 0.346 e. The standard InChI is InChI=1S/C23H20N2O4S/c26-20-7-6-16-12-17(22-24-19(14-30-22)15-4-2-1-3-5-15)23(27)29-21(16)18(20)13-25-8-10-28-11-9-25/h1-7,12,14,26H,8-11,13H2. The number of aromatic hydroxyl groups is 1. The number of hydrogen-bond donors (Lipinski definition) is 1. The molecule has 0 unspecified atom stereocenters. The van der Waals surface area contributed by atoms with E-state index in [0.29, 0.717) is 41.5 Å².